The van der Waals surface area contributed by atoms with Crippen LogP contribution in [0.25, 0.3) is 43.7 Å². The number of rotatable bonds is 12. The van der Waals surface area contributed by atoms with Gasteiger partial charge in [0.15, 0.2) is 0 Å². The summed E-state index contributed by atoms with van der Waals surface area (Å²) in [6.07, 6.45) is -0.178. The van der Waals surface area contributed by atoms with Crippen molar-refractivity contribution in [2.75, 3.05) is 0 Å². The molecule has 0 saturated heterocycles. The molecule has 0 amide bonds. The second-order valence-corrected chi connectivity index (χ2v) is 24.0. The molecular formula is C46H32Cl2N2O4S2Sn. The topological polar surface area (TPSA) is 78.4 Å². The summed E-state index contributed by atoms with van der Waals surface area (Å²) in [5.41, 5.74) is 4.85. The standard InChI is InChI=1S/2C17H12ClNO2S.2C6H5.Sn/c2*18-13-8-6-11(7-9-13)16-14(10-15(20)21)22-17(19-16)12-4-2-1-3-5-12;2*1-2-4-6-5-3-1;/h2*1-9H,10H2,(H,20,21);2*1-5H;/q;;;;+2/p-2. The van der Waals surface area contributed by atoms with Crippen LogP contribution in [0.3, 0.4) is 0 Å². The minimum absolute atomic E-state index is 0.0889. The number of thiazole rings is 2. The summed E-state index contributed by atoms with van der Waals surface area (Å²) in [6.45, 7) is 0. The Morgan fingerprint density at radius 2 is 0.789 bits per heavy atom. The molecule has 11 heteroatoms. The van der Waals surface area contributed by atoms with Gasteiger partial charge in [-0.05, 0) is 0 Å². The number of hydrogen-bond donors (Lipinski definition) is 0. The molecule has 6 nitrogen and oxygen atoms in total. The molecule has 8 aromatic rings. The van der Waals surface area contributed by atoms with Crippen molar-refractivity contribution in [1.82, 2.24) is 9.97 Å². The van der Waals surface area contributed by atoms with Crippen LogP contribution in [-0.2, 0) is 28.6 Å². The van der Waals surface area contributed by atoms with Crippen LogP contribution >= 0.6 is 45.9 Å². The number of nitrogens with zero attached hydrogens (tertiary/aromatic N) is 2. The fourth-order valence-corrected chi connectivity index (χ4v) is 17.1. The molecule has 0 spiro atoms. The molecule has 6 aromatic carbocycles. The SMILES string of the molecule is O=C(Cc1sc(-c2ccccc2)nc1-c1ccc(Cl)cc1)[O][Sn]([O]C(=O)Cc1sc(-c2ccccc2)nc1-c1ccc(Cl)cc1)([c]1ccccc1)[c]1ccccc1. The van der Waals surface area contributed by atoms with Crippen LogP contribution in [-0.4, -0.2) is 41.1 Å². The third kappa shape index (κ3) is 8.91. The van der Waals surface area contributed by atoms with Crippen LogP contribution in [0, 0.1) is 0 Å². The van der Waals surface area contributed by atoms with Crippen molar-refractivity contribution >= 4 is 84.2 Å². The average molecular weight is 931 g/mol. The zero-order valence-corrected chi connectivity index (χ0v) is 36.2. The van der Waals surface area contributed by atoms with Crippen molar-refractivity contribution in [1.29, 1.82) is 0 Å². The van der Waals surface area contributed by atoms with Crippen LogP contribution in [0.1, 0.15) is 9.75 Å². The van der Waals surface area contributed by atoms with Gasteiger partial charge in [-0.3, -0.25) is 0 Å². The molecule has 280 valence electrons. The first-order valence-corrected chi connectivity index (χ1v) is 25.6. The average Bonchev–Trinajstić information content (AvgIpc) is 3.87. The van der Waals surface area contributed by atoms with Crippen LogP contribution in [0.15, 0.2) is 170 Å². The Labute approximate surface area is 353 Å². The molecule has 0 aliphatic rings. The Morgan fingerprint density at radius 3 is 1.14 bits per heavy atom. The Balaban J connectivity index is 1.17. The van der Waals surface area contributed by atoms with Crippen molar-refractivity contribution in [3.05, 3.63) is 190 Å². The van der Waals surface area contributed by atoms with Crippen LogP contribution in [0.5, 0.6) is 0 Å². The Kier molecular flexibility index (Phi) is 12.0. The van der Waals surface area contributed by atoms with Crippen LogP contribution in [0.2, 0.25) is 10.0 Å². The van der Waals surface area contributed by atoms with Crippen molar-refractivity contribution in [2.45, 2.75) is 12.8 Å². The van der Waals surface area contributed by atoms with Crippen LogP contribution in [0.4, 0.5) is 0 Å². The van der Waals surface area contributed by atoms with E-state index in [1.54, 1.807) is 24.3 Å². The van der Waals surface area contributed by atoms with Gasteiger partial charge in [0, 0.05) is 0 Å². The summed E-state index contributed by atoms with van der Waals surface area (Å²) in [4.78, 5) is 40.4. The molecule has 0 aliphatic heterocycles. The Bertz CT molecular complexity index is 2440. The normalized spacial score (nSPS) is 11.3. The van der Waals surface area contributed by atoms with E-state index < -0.39 is 31.1 Å². The van der Waals surface area contributed by atoms with Crippen molar-refractivity contribution in [3.63, 3.8) is 0 Å². The molecule has 0 fully saturated rings. The molecule has 0 saturated carbocycles. The molecule has 0 aliphatic carbocycles. The fourth-order valence-electron chi connectivity index (χ4n) is 6.41. The molecule has 2 aromatic heterocycles. The summed E-state index contributed by atoms with van der Waals surface area (Å²) in [5.74, 6) is -1.04. The van der Waals surface area contributed by atoms with E-state index in [0.717, 1.165) is 42.0 Å². The van der Waals surface area contributed by atoms with Gasteiger partial charge < -0.3 is 0 Å². The van der Waals surface area contributed by atoms with E-state index in [0.29, 0.717) is 28.6 Å². The predicted octanol–water partition coefficient (Wildman–Crippen LogP) is 10.7. The molecule has 0 unspecified atom stereocenters. The number of benzene rings is 6. The maximum absolute atomic E-state index is 14.5. The van der Waals surface area contributed by atoms with Gasteiger partial charge >= 0.3 is 356 Å². The first-order chi connectivity index (χ1) is 27.8. The number of carbonyl (C=O) groups is 2. The van der Waals surface area contributed by atoms with Gasteiger partial charge in [-0.15, -0.1) is 0 Å². The Hall–Kier alpha value is -5.10. The van der Waals surface area contributed by atoms with Crippen LogP contribution < -0.4 is 7.16 Å². The maximum atomic E-state index is 14.5. The van der Waals surface area contributed by atoms with E-state index in [2.05, 4.69) is 0 Å². The first kappa shape index (κ1) is 38.8. The summed E-state index contributed by atoms with van der Waals surface area (Å²) >= 11 is 10.2. The van der Waals surface area contributed by atoms with Gasteiger partial charge in [0.05, 0.1) is 0 Å². The third-order valence-corrected chi connectivity index (χ3v) is 21.0. The molecule has 0 N–H and O–H groups in total. The number of aromatic nitrogens is 2. The summed E-state index contributed by atoms with van der Waals surface area (Å²) in [7, 11) is 0. The zero-order chi connectivity index (χ0) is 39.2. The van der Waals surface area contributed by atoms with E-state index in [4.69, 9.17) is 39.3 Å². The van der Waals surface area contributed by atoms with E-state index in [9.17, 15) is 9.59 Å². The van der Waals surface area contributed by atoms with Gasteiger partial charge in [-0.2, -0.15) is 0 Å². The molecule has 57 heavy (non-hydrogen) atoms. The van der Waals surface area contributed by atoms with Gasteiger partial charge in [-0.1, -0.05) is 0 Å². The van der Waals surface area contributed by atoms with Gasteiger partial charge in [0.25, 0.3) is 0 Å². The van der Waals surface area contributed by atoms with E-state index in [1.807, 2.05) is 146 Å². The predicted molar refractivity (Wildman–Crippen MR) is 233 cm³/mol. The third-order valence-electron chi connectivity index (χ3n) is 9.10. The molecule has 8 rings (SSSR count). The van der Waals surface area contributed by atoms with E-state index in [-0.39, 0.29) is 12.8 Å². The summed E-state index contributed by atoms with van der Waals surface area (Å²) in [6, 6.07) is 53.2. The monoisotopic (exact) mass is 930 g/mol. The van der Waals surface area contributed by atoms with Gasteiger partial charge in [0.2, 0.25) is 0 Å². The van der Waals surface area contributed by atoms with Crippen molar-refractivity contribution in [3.8, 4) is 43.7 Å². The van der Waals surface area contributed by atoms with Crippen molar-refractivity contribution < 1.29 is 15.7 Å². The molecule has 2 heterocycles. The van der Waals surface area contributed by atoms with Gasteiger partial charge in [0.1, 0.15) is 0 Å². The van der Waals surface area contributed by atoms with Gasteiger partial charge in [-0.25, -0.2) is 0 Å². The molecule has 0 bridgehead atoms. The second-order valence-electron chi connectivity index (χ2n) is 13.0. The van der Waals surface area contributed by atoms with E-state index >= 15 is 0 Å². The summed E-state index contributed by atoms with van der Waals surface area (Å²) in [5, 5.41) is 2.73. The molecular weight excluding hydrogens is 898 g/mol. The van der Waals surface area contributed by atoms with Crippen molar-refractivity contribution in [2.24, 2.45) is 0 Å². The summed E-state index contributed by atoms with van der Waals surface area (Å²) < 4.78 is 14.8. The quantitative estimate of drug-likeness (QED) is 0.114. The van der Waals surface area contributed by atoms with E-state index in [1.165, 1.54) is 22.7 Å². The second kappa shape index (κ2) is 17.6. The fraction of sp³-hybridized carbons (Fsp3) is 0.0435. The first-order valence-electron chi connectivity index (χ1n) is 18.0. The molecule has 0 radical (unpaired) electrons. The number of halogens is 2. The minimum atomic E-state index is -5.16. The number of hydrogen-bond acceptors (Lipinski definition) is 8. The Morgan fingerprint density at radius 1 is 0.456 bits per heavy atom. The zero-order valence-electron chi connectivity index (χ0n) is 30.2. The molecule has 0 atom stereocenters. The number of carbonyl (C=O) groups excluding carboxylic acids is 2.